The number of amidine groups is 1. The van der Waals surface area contributed by atoms with E-state index >= 15 is 0 Å². The highest BCUT2D eigenvalue weighted by molar-refractivity contribution is 8.13. The maximum atomic E-state index is 7.35. The number of nitrogens with one attached hydrogen (secondary N) is 1. The number of nitrogens with zero attached hydrogens (tertiary/aromatic N) is 1. The fraction of sp³-hybridized carbons (Fsp3) is 0.167. The van der Waals surface area contributed by atoms with Crippen molar-refractivity contribution in [2.24, 2.45) is 5.73 Å². The first-order valence-electron chi connectivity index (χ1n) is 4.97. The number of aryl methyl sites for hydroxylation is 2. The van der Waals surface area contributed by atoms with E-state index in [-0.39, 0.29) is 5.17 Å². The van der Waals surface area contributed by atoms with Crippen LogP contribution in [0.5, 0.6) is 0 Å². The van der Waals surface area contributed by atoms with E-state index in [1.165, 1.54) is 11.8 Å². The highest BCUT2D eigenvalue weighted by atomic mass is 32.2. The Hall–Kier alpha value is -1.55. The molecule has 0 aliphatic carbocycles. The molecule has 0 saturated heterocycles. The van der Waals surface area contributed by atoms with Crippen LogP contribution in [-0.2, 0) is 0 Å². The van der Waals surface area contributed by atoms with Gasteiger partial charge in [-0.15, -0.1) is 0 Å². The molecule has 0 radical (unpaired) electrons. The fourth-order valence-electron chi connectivity index (χ4n) is 1.69. The molecule has 2 aromatic rings. The van der Waals surface area contributed by atoms with Crippen molar-refractivity contribution >= 4 is 27.8 Å². The number of aromatic nitrogens is 1. The third kappa shape index (κ3) is 2.02. The number of fused-ring (bicyclic) bond motifs is 1. The van der Waals surface area contributed by atoms with Gasteiger partial charge in [0.1, 0.15) is 0 Å². The molecule has 4 heteroatoms. The van der Waals surface area contributed by atoms with Crippen molar-refractivity contribution in [2.45, 2.75) is 18.7 Å². The number of rotatable bonds is 1. The second-order valence-electron chi connectivity index (χ2n) is 3.70. The Labute approximate surface area is 98.6 Å². The number of hydrogen-bond donors (Lipinski definition) is 2. The summed E-state index contributed by atoms with van der Waals surface area (Å²) in [5.41, 5.74) is 8.52. The summed E-state index contributed by atoms with van der Waals surface area (Å²) in [4.78, 5) is 5.52. The summed E-state index contributed by atoms with van der Waals surface area (Å²) >= 11 is 1.27. The van der Waals surface area contributed by atoms with Gasteiger partial charge in [-0.25, -0.2) is 0 Å². The molecule has 0 unspecified atom stereocenters. The monoisotopic (exact) mass is 231 g/mol. The molecular formula is C12H13N3S. The maximum Gasteiger partial charge on any atom is 0.155 e. The molecule has 2 rings (SSSR count). The van der Waals surface area contributed by atoms with Gasteiger partial charge in [-0.1, -0.05) is 30.0 Å². The standard InChI is InChI=1S/C12H13N3S/c1-7-4-3-5-9-10(16-12(13)14)6-8(2)15-11(7)9/h3-6H,1-2H3,(H3,13,14). The number of thioether (sulfide) groups is 1. The Morgan fingerprint density at radius 3 is 2.81 bits per heavy atom. The highest BCUT2D eigenvalue weighted by Crippen LogP contribution is 2.28. The van der Waals surface area contributed by atoms with Gasteiger partial charge in [0.25, 0.3) is 0 Å². The number of pyridine rings is 1. The Kier molecular flexibility index (Phi) is 2.83. The van der Waals surface area contributed by atoms with E-state index < -0.39 is 0 Å². The van der Waals surface area contributed by atoms with Crippen molar-refractivity contribution in [3.05, 3.63) is 35.5 Å². The molecule has 1 heterocycles. The van der Waals surface area contributed by atoms with Crippen molar-refractivity contribution < 1.29 is 0 Å². The molecule has 0 spiro atoms. The third-order valence-corrected chi connectivity index (χ3v) is 3.13. The zero-order valence-corrected chi connectivity index (χ0v) is 10.1. The number of benzene rings is 1. The lowest BCUT2D eigenvalue weighted by molar-refractivity contribution is 1.21. The predicted molar refractivity (Wildman–Crippen MR) is 69.0 cm³/mol. The van der Waals surface area contributed by atoms with Crippen LogP contribution >= 0.6 is 11.8 Å². The minimum Gasteiger partial charge on any atom is -0.378 e. The molecular weight excluding hydrogens is 218 g/mol. The molecule has 0 saturated carbocycles. The van der Waals surface area contributed by atoms with Crippen LogP contribution in [0, 0.1) is 19.3 Å². The summed E-state index contributed by atoms with van der Waals surface area (Å²) < 4.78 is 0. The van der Waals surface area contributed by atoms with Crippen LogP contribution in [-0.4, -0.2) is 10.2 Å². The van der Waals surface area contributed by atoms with E-state index in [1.54, 1.807) is 0 Å². The molecule has 16 heavy (non-hydrogen) atoms. The van der Waals surface area contributed by atoms with Crippen molar-refractivity contribution in [3.63, 3.8) is 0 Å². The van der Waals surface area contributed by atoms with E-state index in [0.29, 0.717) is 0 Å². The molecule has 0 atom stereocenters. The normalized spacial score (nSPS) is 10.6. The van der Waals surface area contributed by atoms with Crippen molar-refractivity contribution in [2.75, 3.05) is 0 Å². The van der Waals surface area contributed by atoms with Crippen LogP contribution < -0.4 is 5.73 Å². The molecule has 0 aliphatic heterocycles. The molecule has 0 aliphatic rings. The molecule has 1 aromatic heterocycles. The average Bonchev–Trinajstić information content (AvgIpc) is 2.18. The SMILES string of the molecule is Cc1cc(SC(=N)N)c2cccc(C)c2n1. The van der Waals surface area contributed by atoms with Crippen molar-refractivity contribution in [1.29, 1.82) is 5.41 Å². The van der Waals surface area contributed by atoms with E-state index in [9.17, 15) is 0 Å². The van der Waals surface area contributed by atoms with E-state index in [4.69, 9.17) is 11.1 Å². The first kappa shape index (κ1) is 11.0. The molecule has 0 fully saturated rings. The van der Waals surface area contributed by atoms with Gasteiger partial charge < -0.3 is 5.73 Å². The zero-order valence-electron chi connectivity index (χ0n) is 9.24. The molecule has 1 aromatic carbocycles. The fourth-order valence-corrected chi connectivity index (χ4v) is 2.43. The highest BCUT2D eigenvalue weighted by Gasteiger charge is 2.07. The summed E-state index contributed by atoms with van der Waals surface area (Å²) in [6, 6.07) is 8.02. The summed E-state index contributed by atoms with van der Waals surface area (Å²) in [6.45, 7) is 3.99. The topological polar surface area (TPSA) is 62.8 Å². The summed E-state index contributed by atoms with van der Waals surface area (Å²) in [7, 11) is 0. The predicted octanol–water partition coefficient (Wildman–Crippen LogP) is 2.84. The van der Waals surface area contributed by atoms with Crippen LogP contribution in [0.4, 0.5) is 0 Å². The Bertz CT molecular complexity index is 563. The van der Waals surface area contributed by atoms with Crippen LogP contribution in [0.2, 0.25) is 0 Å². The van der Waals surface area contributed by atoms with Gasteiger partial charge in [-0.05, 0) is 25.5 Å². The quantitative estimate of drug-likeness (QED) is 0.450. The van der Waals surface area contributed by atoms with Crippen molar-refractivity contribution in [3.8, 4) is 0 Å². The number of hydrogen-bond acceptors (Lipinski definition) is 3. The first-order chi connectivity index (χ1) is 7.58. The molecule has 3 nitrogen and oxygen atoms in total. The van der Waals surface area contributed by atoms with Gasteiger partial charge in [-0.3, -0.25) is 10.4 Å². The zero-order chi connectivity index (χ0) is 11.7. The van der Waals surface area contributed by atoms with Crippen molar-refractivity contribution in [1.82, 2.24) is 4.98 Å². The summed E-state index contributed by atoms with van der Waals surface area (Å²) in [5.74, 6) is 0. The second kappa shape index (κ2) is 4.14. The lowest BCUT2D eigenvalue weighted by Crippen LogP contribution is -2.03. The smallest absolute Gasteiger partial charge is 0.155 e. The van der Waals surface area contributed by atoms with Crippen LogP contribution in [0.25, 0.3) is 10.9 Å². The molecule has 0 amide bonds. The lowest BCUT2D eigenvalue weighted by atomic mass is 10.1. The van der Waals surface area contributed by atoms with E-state index in [2.05, 4.69) is 4.98 Å². The minimum absolute atomic E-state index is 0.105. The number of nitrogens with two attached hydrogens (primary N) is 1. The van der Waals surface area contributed by atoms with E-state index in [0.717, 1.165) is 27.1 Å². The van der Waals surface area contributed by atoms with Crippen LogP contribution in [0.15, 0.2) is 29.2 Å². The van der Waals surface area contributed by atoms with Crippen LogP contribution in [0.3, 0.4) is 0 Å². The first-order valence-corrected chi connectivity index (χ1v) is 5.78. The molecule has 0 bridgehead atoms. The lowest BCUT2D eigenvalue weighted by Gasteiger charge is -2.08. The van der Waals surface area contributed by atoms with Gasteiger partial charge in [-0.2, -0.15) is 0 Å². The summed E-state index contributed by atoms with van der Waals surface area (Å²) in [6.07, 6.45) is 0. The van der Waals surface area contributed by atoms with Crippen LogP contribution in [0.1, 0.15) is 11.3 Å². The molecule has 82 valence electrons. The Balaban J connectivity index is 2.72. The largest absolute Gasteiger partial charge is 0.378 e. The van der Waals surface area contributed by atoms with Gasteiger partial charge in [0.2, 0.25) is 0 Å². The average molecular weight is 231 g/mol. The maximum absolute atomic E-state index is 7.35. The minimum atomic E-state index is 0.105. The summed E-state index contributed by atoms with van der Waals surface area (Å²) in [5, 5.41) is 8.52. The second-order valence-corrected chi connectivity index (χ2v) is 4.78. The van der Waals surface area contributed by atoms with Gasteiger partial charge in [0.05, 0.1) is 5.52 Å². The molecule has 3 N–H and O–H groups in total. The van der Waals surface area contributed by atoms with Gasteiger partial charge in [0.15, 0.2) is 5.17 Å². The third-order valence-electron chi connectivity index (χ3n) is 2.35. The van der Waals surface area contributed by atoms with E-state index in [1.807, 2.05) is 38.1 Å². The number of para-hydroxylation sites is 1. The Morgan fingerprint density at radius 1 is 1.38 bits per heavy atom. The van der Waals surface area contributed by atoms with Gasteiger partial charge >= 0.3 is 0 Å². The van der Waals surface area contributed by atoms with Gasteiger partial charge in [0, 0.05) is 16.0 Å². The Morgan fingerprint density at radius 2 is 2.12 bits per heavy atom.